The third-order valence-electron chi connectivity index (χ3n) is 5.28. The third kappa shape index (κ3) is 5.02. The minimum Gasteiger partial charge on any atom is -0.325 e. The van der Waals surface area contributed by atoms with Crippen LogP contribution in [0.5, 0.6) is 0 Å². The first-order valence-corrected chi connectivity index (χ1v) is 11.3. The van der Waals surface area contributed by atoms with Crippen LogP contribution in [-0.4, -0.2) is 31.9 Å². The lowest BCUT2D eigenvalue weighted by Gasteiger charge is -2.15. The molecule has 0 saturated heterocycles. The van der Waals surface area contributed by atoms with Gasteiger partial charge >= 0.3 is 5.76 Å². The van der Waals surface area contributed by atoms with E-state index in [9.17, 15) is 14.4 Å². The number of benzene rings is 3. The standard InChI is InChI=1S/C25H17ClN6O5/c26-15-8-7-13-18(14-15)32-22(31-36-25(32)35)21-20(29-37-30-21)19(23(33)27-16-9-3-1-4-10-16)24(34)28-17-11-5-2-6-12-17/h1-14,19H,(H,27,33)(H,28,34). The molecule has 0 radical (unpaired) electrons. The molecule has 184 valence electrons. The monoisotopic (exact) mass is 516 g/mol. The molecule has 12 heteroatoms. The molecule has 2 amide bonds. The second-order valence-electron chi connectivity index (χ2n) is 7.73. The van der Waals surface area contributed by atoms with Crippen molar-refractivity contribution in [3.05, 3.63) is 106 Å². The van der Waals surface area contributed by atoms with Crippen LogP contribution >= 0.6 is 11.6 Å². The predicted molar refractivity (Wildman–Crippen MR) is 133 cm³/mol. The minimum absolute atomic E-state index is 0.131. The van der Waals surface area contributed by atoms with Gasteiger partial charge in [-0.2, -0.15) is 0 Å². The Morgan fingerprint density at radius 3 is 2.03 bits per heavy atom. The fourth-order valence-electron chi connectivity index (χ4n) is 3.62. The summed E-state index contributed by atoms with van der Waals surface area (Å²) in [6.45, 7) is 0. The molecule has 2 heterocycles. The molecule has 5 rings (SSSR count). The van der Waals surface area contributed by atoms with Crippen LogP contribution < -0.4 is 16.4 Å². The number of hydrogen-bond donors (Lipinski definition) is 2. The fourth-order valence-corrected chi connectivity index (χ4v) is 3.81. The van der Waals surface area contributed by atoms with E-state index in [1.807, 2.05) is 0 Å². The second-order valence-corrected chi connectivity index (χ2v) is 8.17. The van der Waals surface area contributed by atoms with Crippen molar-refractivity contribution in [3.8, 4) is 17.2 Å². The zero-order valence-corrected chi connectivity index (χ0v) is 19.6. The maximum absolute atomic E-state index is 13.4. The molecular formula is C25H17ClN6O5. The van der Waals surface area contributed by atoms with E-state index in [2.05, 4.69) is 26.1 Å². The molecule has 0 bridgehead atoms. The smallest absolute Gasteiger partial charge is 0.325 e. The van der Waals surface area contributed by atoms with Crippen molar-refractivity contribution in [2.24, 2.45) is 0 Å². The molecule has 0 spiro atoms. The van der Waals surface area contributed by atoms with Crippen LogP contribution in [0, 0.1) is 0 Å². The molecule has 0 aliphatic heterocycles. The van der Waals surface area contributed by atoms with Gasteiger partial charge in [-0.1, -0.05) is 64.4 Å². The number of nitrogens with one attached hydrogen (secondary N) is 2. The molecule has 2 aromatic heterocycles. The van der Waals surface area contributed by atoms with Gasteiger partial charge in [0, 0.05) is 16.4 Å². The van der Waals surface area contributed by atoms with Gasteiger partial charge in [-0.25, -0.2) is 14.0 Å². The van der Waals surface area contributed by atoms with Gasteiger partial charge in [0.15, 0.2) is 11.6 Å². The number of rotatable bonds is 7. The molecule has 0 unspecified atom stereocenters. The molecule has 37 heavy (non-hydrogen) atoms. The van der Waals surface area contributed by atoms with Crippen LogP contribution in [0.3, 0.4) is 0 Å². The number of nitrogens with zero attached hydrogens (tertiary/aromatic N) is 4. The van der Waals surface area contributed by atoms with Gasteiger partial charge in [0.1, 0.15) is 5.69 Å². The van der Waals surface area contributed by atoms with Crippen molar-refractivity contribution < 1.29 is 18.7 Å². The van der Waals surface area contributed by atoms with Crippen LogP contribution in [0.4, 0.5) is 11.4 Å². The van der Waals surface area contributed by atoms with Crippen molar-refractivity contribution >= 4 is 34.8 Å². The van der Waals surface area contributed by atoms with E-state index in [0.29, 0.717) is 22.1 Å². The van der Waals surface area contributed by atoms with E-state index in [0.717, 1.165) is 4.57 Å². The first-order chi connectivity index (χ1) is 18.0. The van der Waals surface area contributed by atoms with Gasteiger partial charge in [0.2, 0.25) is 17.6 Å². The topological polar surface area (TPSA) is 145 Å². The Kier molecular flexibility index (Phi) is 6.60. The highest BCUT2D eigenvalue weighted by Crippen LogP contribution is 2.29. The number of anilines is 2. The van der Waals surface area contributed by atoms with Gasteiger partial charge in [0.05, 0.1) is 5.69 Å². The average molecular weight is 517 g/mol. The molecule has 11 nitrogen and oxygen atoms in total. The van der Waals surface area contributed by atoms with Crippen LogP contribution in [0.2, 0.25) is 5.02 Å². The van der Waals surface area contributed by atoms with Gasteiger partial charge in [-0.3, -0.25) is 14.1 Å². The Bertz CT molecular complexity index is 1560. The van der Waals surface area contributed by atoms with Crippen molar-refractivity contribution in [1.29, 1.82) is 0 Å². The van der Waals surface area contributed by atoms with E-state index in [1.54, 1.807) is 78.9 Å². The van der Waals surface area contributed by atoms with E-state index in [-0.39, 0.29) is 17.2 Å². The summed E-state index contributed by atoms with van der Waals surface area (Å²) in [5, 5.41) is 17.2. The van der Waals surface area contributed by atoms with Crippen molar-refractivity contribution in [1.82, 2.24) is 20.0 Å². The van der Waals surface area contributed by atoms with Gasteiger partial charge < -0.3 is 10.6 Å². The number of carbonyl (C=O) groups is 2. The largest absolute Gasteiger partial charge is 0.446 e. The summed E-state index contributed by atoms with van der Waals surface area (Å²) in [6, 6.07) is 23.5. The lowest BCUT2D eigenvalue weighted by atomic mass is 10.0. The first kappa shape index (κ1) is 23.7. The molecule has 5 aromatic rings. The lowest BCUT2D eigenvalue weighted by Crippen LogP contribution is -2.33. The second kappa shape index (κ2) is 10.3. The molecule has 0 atom stereocenters. The molecule has 0 aliphatic carbocycles. The lowest BCUT2D eigenvalue weighted by molar-refractivity contribution is -0.126. The molecule has 3 aromatic carbocycles. The normalized spacial score (nSPS) is 10.9. The van der Waals surface area contributed by atoms with Crippen LogP contribution in [0.15, 0.2) is 98.9 Å². The summed E-state index contributed by atoms with van der Waals surface area (Å²) in [6.07, 6.45) is 0. The highest BCUT2D eigenvalue weighted by Gasteiger charge is 2.37. The van der Waals surface area contributed by atoms with Crippen LogP contribution in [0.1, 0.15) is 11.6 Å². The van der Waals surface area contributed by atoms with Crippen molar-refractivity contribution in [3.63, 3.8) is 0 Å². The molecule has 2 N–H and O–H groups in total. The van der Waals surface area contributed by atoms with Crippen LogP contribution in [0.25, 0.3) is 17.2 Å². The van der Waals surface area contributed by atoms with Gasteiger partial charge in [-0.05, 0) is 47.6 Å². The summed E-state index contributed by atoms with van der Waals surface area (Å²) >= 11 is 6.09. The summed E-state index contributed by atoms with van der Waals surface area (Å²) < 4.78 is 10.9. The Morgan fingerprint density at radius 1 is 0.811 bits per heavy atom. The third-order valence-corrected chi connectivity index (χ3v) is 5.51. The van der Waals surface area contributed by atoms with Gasteiger partial charge in [-0.15, -0.1) is 0 Å². The number of hydrogen-bond acceptors (Lipinski definition) is 8. The SMILES string of the molecule is O=C(Nc1ccccc1)C(C(=O)Nc1ccccc1)c1nonc1-c1noc(=O)n1-c1cccc(Cl)c1. The quantitative estimate of drug-likeness (QED) is 0.310. The summed E-state index contributed by atoms with van der Waals surface area (Å²) in [5.74, 6) is -3.94. The number of aromatic nitrogens is 4. The number of halogens is 1. The van der Waals surface area contributed by atoms with E-state index >= 15 is 0 Å². The Morgan fingerprint density at radius 2 is 1.43 bits per heavy atom. The molecule has 0 fully saturated rings. The highest BCUT2D eigenvalue weighted by atomic mass is 35.5. The van der Waals surface area contributed by atoms with Gasteiger partial charge in [0.25, 0.3) is 0 Å². The fraction of sp³-hybridized carbons (Fsp3) is 0.0400. The number of carbonyl (C=O) groups excluding carboxylic acids is 2. The predicted octanol–water partition coefficient (Wildman–Crippen LogP) is 3.89. The maximum atomic E-state index is 13.4. The first-order valence-electron chi connectivity index (χ1n) is 10.9. The van der Waals surface area contributed by atoms with E-state index in [1.165, 1.54) is 6.07 Å². The summed E-state index contributed by atoms with van der Waals surface area (Å²) in [7, 11) is 0. The van der Waals surface area contributed by atoms with Crippen LogP contribution in [-0.2, 0) is 9.59 Å². The highest BCUT2D eigenvalue weighted by molar-refractivity contribution is 6.30. The Hall–Kier alpha value is -5.03. The zero-order valence-electron chi connectivity index (χ0n) is 18.9. The maximum Gasteiger partial charge on any atom is 0.446 e. The molecule has 0 saturated carbocycles. The number of amides is 2. The van der Waals surface area contributed by atoms with E-state index in [4.69, 9.17) is 20.8 Å². The molecule has 0 aliphatic rings. The minimum atomic E-state index is -1.54. The van der Waals surface area contributed by atoms with E-state index < -0.39 is 23.5 Å². The Labute approximate surface area is 213 Å². The zero-order chi connectivity index (χ0) is 25.8. The average Bonchev–Trinajstić information content (AvgIpc) is 3.52. The number of para-hydroxylation sites is 2. The summed E-state index contributed by atoms with van der Waals surface area (Å²) in [5.41, 5.74) is 0.926. The Balaban J connectivity index is 1.58. The van der Waals surface area contributed by atoms with Crippen molar-refractivity contribution in [2.75, 3.05) is 10.6 Å². The van der Waals surface area contributed by atoms with Crippen molar-refractivity contribution in [2.45, 2.75) is 5.92 Å². The summed E-state index contributed by atoms with van der Waals surface area (Å²) in [4.78, 5) is 39.4. The molecular weight excluding hydrogens is 500 g/mol.